The first-order valence-corrected chi connectivity index (χ1v) is 4.78. The molecular formula is C12H17. The Morgan fingerprint density at radius 3 is 2.42 bits per heavy atom. The molecule has 0 aromatic rings. The van der Waals surface area contributed by atoms with Crippen LogP contribution in [0.4, 0.5) is 0 Å². The third kappa shape index (κ3) is 4.95. The van der Waals surface area contributed by atoms with Gasteiger partial charge in [-0.15, -0.1) is 0 Å². The molecule has 0 nitrogen and oxygen atoms in total. The fourth-order valence-electron chi connectivity index (χ4n) is 1.19. The van der Waals surface area contributed by atoms with E-state index in [1.165, 1.54) is 19.3 Å². The molecule has 0 N–H and O–H groups in total. The summed E-state index contributed by atoms with van der Waals surface area (Å²) >= 11 is 0. The summed E-state index contributed by atoms with van der Waals surface area (Å²) in [6.07, 6.45) is 21.5. The molecule has 0 aromatic heterocycles. The average Bonchev–Trinajstić information content (AvgIpc) is 2.05. The van der Waals surface area contributed by atoms with Crippen molar-refractivity contribution >= 4 is 0 Å². The van der Waals surface area contributed by atoms with Crippen LogP contribution >= 0.6 is 0 Å². The van der Waals surface area contributed by atoms with E-state index in [0.717, 1.165) is 12.8 Å². The maximum absolute atomic E-state index is 2.28. The minimum atomic E-state index is 1.07. The quantitative estimate of drug-likeness (QED) is 0.474. The second-order valence-electron chi connectivity index (χ2n) is 3.01. The molecule has 1 rings (SSSR count). The lowest BCUT2D eigenvalue weighted by Gasteiger charge is -1.92. The van der Waals surface area contributed by atoms with Crippen molar-refractivity contribution in [2.24, 2.45) is 0 Å². The average molecular weight is 161 g/mol. The van der Waals surface area contributed by atoms with Crippen molar-refractivity contribution < 1.29 is 0 Å². The van der Waals surface area contributed by atoms with Crippen molar-refractivity contribution in [3.05, 3.63) is 42.9 Å². The summed E-state index contributed by atoms with van der Waals surface area (Å²) in [5.74, 6) is 0. The van der Waals surface area contributed by atoms with Crippen LogP contribution in [0, 0.1) is 6.42 Å². The predicted molar refractivity (Wildman–Crippen MR) is 54.8 cm³/mol. The van der Waals surface area contributed by atoms with E-state index in [9.17, 15) is 0 Å². The molecule has 0 amide bonds. The molecule has 12 heavy (non-hydrogen) atoms. The SMILES string of the molecule is [CH]1/C=C/CCC/C=C/C/C=C/C1. The van der Waals surface area contributed by atoms with E-state index in [4.69, 9.17) is 0 Å². The molecule has 1 aliphatic carbocycles. The van der Waals surface area contributed by atoms with Gasteiger partial charge in [0.25, 0.3) is 0 Å². The molecule has 0 unspecified atom stereocenters. The monoisotopic (exact) mass is 161 g/mol. The van der Waals surface area contributed by atoms with E-state index >= 15 is 0 Å². The van der Waals surface area contributed by atoms with Gasteiger partial charge in [-0.05, 0) is 38.5 Å². The van der Waals surface area contributed by atoms with E-state index in [-0.39, 0.29) is 0 Å². The van der Waals surface area contributed by atoms with Gasteiger partial charge in [-0.1, -0.05) is 36.5 Å². The molecule has 0 atom stereocenters. The third-order valence-corrected chi connectivity index (χ3v) is 1.89. The van der Waals surface area contributed by atoms with Gasteiger partial charge in [0.2, 0.25) is 0 Å². The summed E-state index contributed by atoms with van der Waals surface area (Å²) in [4.78, 5) is 0. The molecule has 0 aromatic carbocycles. The first-order chi connectivity index (χ1) is 6.00. The smallest absolute Gasteiger partial charge is 0.0133 e. The maximum Gasteiger partial charge on any atom is -0.0133 e. The molecule has 0 saturated heterocycles. The van der Waals surface area contributed by atoms with Gasteiger partial charge >= 0.3 is 0 Å². The third-order valence-electron chi connectivity index (χ3n) is 1.89. The molecule has 0 heteroatoms. The zero-order valence-electron chi connectivity index (χ0n) is 7.58. The normalized spacial score (nSPS) is 28.0. The van der Waals surface area contributed by atoms with Gasteiger partial charge in [-0.2, -0.15) is 0 Å². The highest BCUT2D eigenvalue weighted by atomic mass is 13.9. The van der Waals surface area contributed by atoms with Crippen LogP contribution < -0.4 is 0 Å². The minimum Gasteiger partial charge on any atom is -0.0882 e. The summed E-state index contributed by atoms with van der Waals surface area (Å²) in [6, 6.07) is 0. The fourth-order valence-corrected chi connectivity index (χ4v) is 1.19. The van der Waals surface area contributed by atoms with Crippen molar-refractivity contribution in [1.29, 1.82) is 0 Å². The standard InChI is InChI=1S/C12H17/c1-2-4-6-8-10-12-11-9-7-5-3-1/h1-3,6,8,11-12H,4-5,7,9-10H2/b3-1+,8-6+,12-11+. The highest BCUT2D eigenvalue weighted by Gasteiger charge is 1.83. The molecule has 0 spiro atoms. The number of rotatable bonds is 0. The lowest BCUT2D eigenvalue weighted by atomic mass is 10.1. The van der Waals surface area contributed by atoms with Crippen molar-refractivity contribution in [3.63, 3.8) is 0 Å². The van der Waals surface area contributed by atoms with Crippen molar-refractivity contribution in [2.45, 2.75) is 32.1 Å². The van der Waals surface area contributed by atoms with E-state index in [1.807, 2.05) is 0 Å². The van der Waals surface area contributed by atoms with Gasteiger partial charge in [0.05, 0.1) is 0 Å². The summed E-state index contributed by atoms with van der Waals surface area (Å²) in [6.45, 7) is 0. The molecule has 0 fully saturated rings. The Bertz CT molecular complexity index is 172. The first-order valence-electron chi connectivity index (χ1n) is 4.78. The van der Waals surface area contributed by atoms with Gasteiger partial charge in [0, 0.05) is 0 Å². The van der Waals surface area contributed by atoms with Crippen molar-refractivity contribution in [3.8, 4) is 0 Å². The van der Waals surface area contributed by atoms with Crippen LogP contribution in [0.15, 0.2) is 36.5 Å². The number of hydrogen-bond acceptors (Lipinski definition) is 0. The number of hydrogen-bond donors (Lipinski definition) is 0. The maximum atomic E-state index is 2.28. The van der Waals surface area contributed by atoms with Crippen LogP contribution in [0.2, 0.25) is 0 Å². The van der Waals surface area contributed by atoms with Gasteiger partial charge in [0.15, 0.2) is 0 Å². The molecule has 0 aliphatic heterocycles. The second-order valence-corrected chi connectivity index (χ2v) is 3.01. The Morgan fingerprint density at radius 1 is 0.667 bits per heavy atom. The summed E-state index contributed by atoms with van der Waals surface area (Å²) in [5, 5.41) is 0. The number of allylic oxidation sites excluding steroid dienone is 6. The van der Waals surface area contributed by atoms with Crippen LogP contribution in [0.5, 0.6) is 0 Å². The van der Waals surface area contributed by atoms with E-state index in [2.05, 4.69) is 42.9 Å². The summed E-state index contributed by atoms with van der Waals surface area (Å²) < 4.78 is 0. The fraction of sp³-hybridized carbons (Fsp3) is 0.417. The highest BCUT2D eigenvalue weighted by Crippen LogP contribution is 2.02. The van der Waals surface area contributed by atoms with Crippen molar-refractivity contribution in [2.75, 3.05) is 0 Å². The van der Waals surface area contributed by atoms with E-state index in [0.29, 0.717) is 0 Å². The van der Waals surface area contributed by atoms with Crippen LogP contribution in [0.25, 0.3) is 0 Å². The Morgan fingerprint density at radius 2 is 1.42 bits per heavy atom. The molecule has 0 heterocycles. The van der Waals surface area contributed by atoms with Gasteiger partial charge < -0.3 is 0 Å². The predicted octanol–water partition coefficient (Wildman–Crippen LogP) is 3.82. The Labute approximate surface area is 75.7 Å². The molecule has 1 aliphatic rings. The molecule has 65 valence electrons. The van der Waals surface area contributed by atoms with E-state index in [1.54, 1.807) is 0 Å². The minimum absolute atomic E-state index is 1.07. The zero-order chi connectivity index (χ0) is 8.49. The van der Waals surface area contributed by atoms with Crippen LogP contribution in [0.3, 0.4) is 0 Å². The van der Waals surface area contributed by atoms with Crippen LogP contribution in [-0.2, 0) is 0 Å². The Hall–Kier alpha value is -0.780. The van der Waals surface area contributed by atoms with Gasteiger partial charge in [0.1, 0.15) is 0 Å². The van der Waals surface area contributed by atoms with Crippen LogP contribution in [-0.4, -0.2) is 0 Å². The summed E-state index contributed by atoms with van der Waals surface area (Å²) in [5.41, 5.74) is 0. The molecule has 0 saturated carbocycles. The zero-order valence-corrected chi connectivity index (χ0v) is 7.58. The first kappa shape index (κ1) is 9.31. The molecule has 0 bridgehead atoms. The largest absolute Gasteiger partial charge is 0.0882 e. The van der Waals surface area contributed by atoms with E-state index < -0.39 is 0 Å². The topological polar surface area (TPSA) is 0 Å². The molecular weight excluding hydrogens is 144 g/mol. The lowest BCUT2D eigenvalue weighted by Crippen LogP contribution is -1.73. The Balaban J connectivity index is 2.30. The molecule has 1 radical (unpaired) electrons. The van der Waals surface area contributed by atoms with Crippen molar-refractivity contribution in [1.82, 2.24) is 0 Å². The van der Waals surface area contributed by atoms with Crippen LogP contribution in [0.1, 0.15) is 32.1 Å². The van der Waals surface area contributed by atoms with Gasteiger partial charge in [-0.25, -0.2) is 0 Å². The second kappa shape index (κ2) is 6.90. The lowest BCUT2D eigenvalue weighted by molar-refractivity contribution is 0.864. The highest BCUT2D eigenvalue weighted by molar-refractivity contribution is 5.02. The van der Waals surface area contributed by atoms with Gasteiger partial charge in [-0.3, -0.25) is 0 Å². The summed E-state index contributed by atoms with van der Waals surface area (Å²) in [7, 11) is 0. The Kier molecular flexibility index (Phi) is 5.35.